The van der Waals surface area contributed by atoms with Gasteiger partial charge in [-0.25, -0.2) is 13.1 Å². The van der Waals surface area contributed by atoms with E-state index in [4.69, 9.17) is 4.42 Å². The van der Waals surface area contributed by atoms with E-state index < -0.39 is 10.0 Å². The van der Waals surface area contributed by atoms with E-state index in [0.29, 0.717) is 17.1 Å². The molecular formula is C15H17N5O3S. The first-order chi connectivity index (χ1) is 11.4. The molecule has 0 aliphatic carbocycles. The predicted octanol–water partition coefficient (Wildman–Crippen LogP) is 1.60. The second kappa shape index (κ2) is 6.17. The number of hydrogen-bond donors (Lipinski definition) is 0. The van der Waals surface area contributed by atoms with Crippen LogP contribution in [0.25, 0.3) is 11.4 Å². The summed E-state index contributed by atoms with van der Waals surface area (Å²) in [5.41, 5.74) is 0.630. The average molecular weight is 347 g/mol. The van der Waals surface area contributed by atoms with Gasteiger partial charge in [-0.1, -0.05) is 12.1 Å². The summed E-state index contributed by atoms with van der Waals surface area (Å²) >= 11 is 0. The second-order valence-corrected chi connectivity index (χ2v) is 7.47. The molecule has 0 amide bonds. The van der Waals surface area contributed by atoms with Crippen molar-refractivity contribution in [3.05, 3.63) is 47.9 Å². The first-order valence-electron chi connectivity index (χ1n) is 7.22. The van der Waals surface area contributed by atoms with Crippen molar-refractivity contribution in [3.63, 3.8) is 0 Å². The molecule has 2 heterocycles. The molecule has 0 spiro atoms. The van der Waals surface area contributed by atoms with E-state index in [1.807, 2.05) is 6.92 Å². The Balaban J connectivity index is 1.91. The minimum Gasteiger partial charge on any atom is -0.465 e. The zero-order valence-electron chi connectivity index (χ0n) is 13.5. The number of tetrazole rings is 1. The summed E-state index contributed by atoms with van der Waals surface area (Å²) < 4.78 is 33.7. The van der Waals surface area contributed by atoms with E-state index in [1.165, 1.54) is 16.0 Å². The van der Waals surface area contributed by atoms with Gasteiger partial charge in [-0.05, 0) is 41.6 Å². The molecule has 0 aliphatic heterocycles. The lowest BCUT2D eigenvalue weighted by atomic mass is 10.2. The van der Waals surface area contributed by atoms with Crippen molar-refractivity contribution in [2.75, 3.05) is 7.05 Å². The van der Waals surface area contributed by atoms with Crippen LogP contribution < -0.4 is 0 Å². The number of aryl methyl sites for hydroxylation is 2. The summed E-state index contributed by atoms with van der Waals surface area (Å²) in [5, 5.41) is 11.2. The third-order valence-corrected chi connectivity index (χ3v) is 5.39. The van der Waals surface area contributed by atoms with Gasteiger partial charge in [-0.3, -0.25) is 0 Å². The van der Waals surface area contributed by atoms with Gasteiger partial charge in [0.1, 0.15) is 11.5 Å². The highest BCUT2D eigenvalue weighted by atomic mass is 32.2. The van der Waals surface area contributed by atoms with Gasteiger partial charge < -0.3 is 4.42 Å². The highest BCUT2D eigenvalue weighted by molar-refractivity contribution is 7.89. The summed E-state index contributed by atoms with van der Waals surface area (Å²) in [5.74, 6) is 1.83. The molecule has 0 atom stereocenters. The number of nitrogens with zero attached hydrogens (tertiary/aromatic N) is 5. The number of hydrogen-bond acceptors (Lipinski definition) is 6. The number of sulfonamides is 1. The topological polar surface area (TPSA) is 94.1 Å². The summed E-state index contributed by atoms with van der Waals surface area (Å²) in [4.78, 5) is 0.175. The van der Waals surface area contributed by atoms with Gasteiger partial charge in [0.2, 0.25) is 10.0 Å². The normalized spacial score (nSPS) is 12.0. The lowest BCUT2D eigenvalue weighted by Gasteiger charge is -2.16. The number of rotatable bonds is 5. The summed E-state index contributed by atoms with van der Waals surface area (Å²) in [6.45, 7) is 1.97. The van der Waals surface area contributed by atoms with E-state index in [1.54, 1.807) is 43.4 Å². The van der Waals surface area contributed by atoms with Crippen LogP contribution in [0.15, 0.2) is 45.7 Å². The van der Waals surface area contributed by atoms with Gasteiger partial charge in [0.25, 0.3) is 0 Å². The lowest BCUT2D eigenvalue weighted by molar-refractivity contribution is 0.397. The molecule has 0 unspecified atom stereocenters. The third-order valence-electron chi connectivity index (χ3n) is 3.60. The Bertz CT molecular complexity index is 961. The smallest absolute Gasteiger partial charge is 0.243 e. The van der Waals surface area contributed by atoms with Crippen LogP contribution in [0.1, 0.15) is 11.5 Å². The molecule has 0 aliphatic rings. The largest absolute Gasteiger partial charge is 0.465 e. The van der Waals surface area contributed by atoms with E-state index in [2.05, 4.69) is 15.5 Å². The fourth-order valence-corrected chi connectivity index (χ4v) is 3.51. The van der Waals surface area contributed by atoms with Crippen molar-refractivity contribution in [2.45, 2.75) is 18.4 Å². The van der Waals surface area contributed by atoms with E-state index >= 15 is 0 Å². The zero-order valence-corrected chi connectivity index (χ0v) is 14.4. The fraction of sp³-hybridized carbons (Fsp3) is 0.267. The molecule has 24 heavy (non-hydrogen) atoms. The Labute approximate surface area is 139 Å². The van der Waals surface area contributed by atoms with Gasteiger partial charge in [0.05, 0.1) is 11.4 Å². The Morgan fingerprint density at radius 2 is 2.04 bits per heavy atom. The first kappa shape index (κ1) is 16.3. The van der Waals surface area contributed by atoms with Crippen molar-refractivity contribution in [1.82, 2.24) is 24.5 Å². The molecule has 1 aromatic carbocycles. The highest BCUT2D eigenvalue weighted by Gasteiger charge is 2.23. The maximum atomic E-state index is 12.8. The van der Waals surface area contributed by atoms with E-state index in [9.17, 15) is 8.42 Å². The van der Waals surface area contributed by atoms with Crippen LogP contribution in [-0.2, 0) is 23.6 Å². The third kappa shape index (κ3) is 3.08. The second-order valence-electron chi connectivity index (χ2n) is 5.43. The molecule has 8 nitrogen and oxygen atoms in total. The van der Waals surface area contributed by atoms with Crippen LogP contribution in [-0.4, -0.2) is 40.0 Å². The maximum Gasteiger partial charge on any atom is 0.243 e. The molecule has 2 aromatic heterocycles. The standard InChI is InChI=1S/C15H17N5O3S/c1-11-7-8-13(23-11)10-19(2)24(21,22)14-6-4-5-12(9-14)15-16-17-18-20(15)3/h4-9H,10H2,1-3H3. The molecule has 0 radical (unpaired) electrons. The molecule has 0 saturated carbocycles. The number of furan rings is 1. The summed E-state index contributed by atoms with van der Waals surface area (Å²) in [6.07, 6.45) is 0. The van der Waals surface area contributed by atoms with Crippen molar-refractivity contribution >= 4 is 10.0 Å². The van der Waals surface area contributed by atoms with Gasteiger partial charge >= 0.3 is 0 Å². The molecular weight excluding hydrogens is 330 g/mol. The van der Waals surface area contributed by atoms with Crippen molar-refractivity contribution in [2.24, 2.45) is 7.05 Å². The Kier molecular flexibility index (Phi) is 4.20. The number of benzene rings is 1. The fourth-order valence-electron chi connectivity index (χ4n) is 2.32. The molecule has 0 bridgehead atoms. The SMILES string of the molecule is Cc1ccc(CN(C)S(=O)(=O)c2cccc(-c3nnnn3C)c2)o1. The summed E-state index contributed by atoms with van der Waals surface area (Å²) in [6, 6.07) is 10.1. The Morgan fingerprint density at radius 1 is 1.25 bits per heavy atom. The molecule has 126 valence electrons. The summed E-state index contributed by atoms with van der Waals surface area (Å²) in [7, 11) is -0.445. The monoisotopic (exact) mass is 347 g/mol. The van der Waals surface area contributed by atoms with E-state index in [0.717, 1.165) is 5.76 Å². The predicted molar refractivity (Wildman–Crippen MR) is 86.3 cm³/mol. The van der Waals surface area contributed by atoms with Crippen LogP contribution in [0, 0.1) is 6.92 Å². The quantitative estimate of drug-likeness (QED) is 0.696. The molecule has 0 N–H and O–H groups in total. The minimum atomic E-state index is -3.66. The van der Waals surface area contributed by atoms with Crippen LogP contribution >= 0.6 is 0 Å². The van der Waals surface area contributed by atoms with Crippen LogP contribution in [0.3, 0.4) is 0 Å². The molecule has 3 aromatic rings. The molecule has 0 fully saturated rings. The lowest BCUT2D eigenvalue weighted by Crippen LogP contribution is -2.26. The van der Waals surface area contributed by atoms with Gasteiger partial charge in [-0.15, -0.1) is 5.10 Å². The van der Waals surface area contributed by atoms with Crippen LogP contribution in [0.5, 0.6) is 0 Å². The van der Waals surface area contributed by atoms with Gasteiger partial charge in [-0.2, -0.15) is 4.31 Å². The average Bonchev–Trinajstić information content (AvgIpc) is 3.15. The van der Waals surface area contributed by atoms with Crippen molar-refractivity contribution in [3.8, 4) is 11.4 Å². The highest BCUT2D eigenvalue weighted by Crippen LogP contribution is 2.23. The van der Waals surface area contributed by atoms with Gasteiger partial charge in [0, 0.05) is 19.7 Å². The zero-order chi connectivity index (χ0) is 17.3. The van der Waals surface area contributed by atoms with Gasteiger partial charge in [0.15, 0.2) is 5.82 Å². The maximum absolute atomic E-state index is 12.8. The molecule has 0 saturated heterocycles. The van der Waals surface area contributed by atoms with Crippen molar-refractivity contribution < 1.29 is 12.8 Å². The van der Waals surface area contributed by atoms with E-state index in [-0.39, 0.29) is 11.4 Å². The number of aromatic nitrogens is 4. The van der Waals surface area contributed by atoms with Crippen molar-refractivity contribution in [1.29, 1.82) is 0 Å². The molecule has 9 heteroatoms. The Hall–Kier alpha value is -2.52. The minimum absolute atomic E-state index is 0.159. The first-order valence-corrected chi connectivity index (χ1v) is 8.66. The van der Waals surface area contributed by atoms with Crippen LogP contribution in [0.2, 0.25) is 0 Å². The molecule has 3 rings (SSSR count). The van der Waals surface area contributed by atoms with Crippen LogP contribution in [0.4, 0.5) is 0 Å². The Morgan fingerprint density at radius 3 is 2.67 bits per heavy atom.